The summed E-state index contributed by atoms with van der Waals surface area (Å²) in [4.78, 5) is 36.3. The van der Waals surface area contributed by atoms with Crippen molar-refractivity contribution in [3.63, 3.8) is 0 Å². The second-order valence-electron chi connectivity index (χ2n) is 4.98. The number of rotatable bonds is 6. The molecular formula is C13H23N3O4. The van der Waals surface area contributed by atoms with Crippen molar-refractivity contribution in [2.24, 2.45) is 5.92 Å². The Morgan fingerprint density at radius 3 is 2.55 bits per heavy atom. The van der Waals surface area contributed by atoms with Crippen molar-refractivity contribution in [1.82, 2.24) is 15.5 Å². The monoisotopic (exact) mass is 285 g/mol. The molecule has 1 atom stereocenters. The first kappa shape index (κ1) is 16.3. The number of carbonyl (C=O) groups is 3. The second-order valence-corrected chi connectivity index (χ2v) is 4.98. The Morgan fingerprint density at radius 1 is 1.35 bits per heavy atom. The van der Waals surface area contributed by atoms with Crippen molar-refractivity contribution >= 4 is 17.9 Å². The van der Waals surface area contributed by atoms with Gasteiger partial charge in [-0.1, -0.05) is 0 Å². The number of hydrogen-bond acceptors (Lipinski definition) is 4. The molecule has 0 spiro atoms. The summed E-state index contributed by atoms with van der Waals surface area (Å²) in [5, 5.41) is 5.23. The van der Waals surface area contributed by atoms with E-state index in [-0.39, 0.29) is 30.2 Å². The molecule has 2 N–H and O–H groups in total. The summed E-state index contributed by atoms with van der Waals surface area (Å²) >= 11 is 0. The summed E-state index contributed by atoms with van der Waals surface area (Å²) in [6.07, 6.45) is -0.237. The molecule has 3 amide bonds. The van der Waals surface area contributed by atoms with E-state index in [2.05, 4.69) is 15.4 Å². The molecule has 1 unspecified atom stereocenters. The minimum Gasteiger partial charge on any atom is -0.450 e. The molecule has 0 saturated carbocycles. The molecule has 7 nitrogen and oxygen atoms in total. The first-order valence-electron chi connectivity index (χ1n) is 6.93. The highest BCUT2D eigenvalue weighted by atomic mass is 16.5. The van der Waals surface area contributed by atoms with Crippen molar-refractivity contribution in [2.45, 2.75) is 33.2 Å². The van der Waals surface area contributed by atoms with Gasteiger partial charge < -0.3 is 20.3 Å². The molecule has 1 aliphatic rings. The van der Waals surface area contributed by atoms with Crippen LogP contribution in [0.25, 0.3) is 0 Å². The molecule has 0 bridgehead atoms. The number of carbonyl (C=O) groups excluding carboxylic acids is 3. The first-order valence-corrected chi connectivity index (χ1v) is 6.93. The topological polar surface area (TPSA) is 87.7 Å². The first-order chi connectivity index (χ1) is 9.45. The standard InChI is InChI=1S/C13H23N3O4/c1-4-20-13(19)15-6-5-14-12(18)10-7-11(17)16(8-10)9(2)3/h9-10H,4-8H2,1-3H3,(H,14,18)(H,15,19). The zero-order valence-electron chi connectivity index (χ0n) is 12.3. The smallest absolute Gasteiger partial charge is 0.407 e. The summed E-state index contributed by atoms with van der Waals surface area (Å²) in [7, 11) is 0. The number of hydrogen-bond donors (Lipinski definition) is 2. The highest BCUT2D eigenvalue weighted by Crippen LogP contribution is 2.19. The van der Waals surface area contributed by atoms with Crippen LogP contribution in [0.4, 0.5) is 4.79 Å². The molecule has 0 aromatic heterocycles. The Labute approximate surface area is 119 Å². The number of nitrogens with zero attached hydrogens (tertiary/aromatic N) is 1. The van der Waals surface area contributed by atoms with E-state index in [1.165, 1.54) is 0 Å². The summed E-state index contributed by atoms with van der Waals surface area (Å²) in [5.74, 6) is -0.426. The van der Waals surface area contributed by atoms with E-state index < -0.39 is 6.09 Å². The predicted molar refractivity (Wildman–Crippen MR) is 73.0 cm³/mol. The third-order valence-corrected chi connectivity index (χ3v) is 3.12. The van der Waals surface area contributed by atoms with Crippen LogP contribution < -0.4 is 10.6 Å². The Hall–Kier alpha value is -1.79. The number of ether oxygens (including phenoxy) is 1. The summed E-state index contributed by atoms with van der Waals surface area (Å²) in [6, 6.07) is 0.116. The van der Waals surface area contributed by atoms with E-state index in [1.54, 1.807) is 11.8 Å². The van der Waals surface area contributed by atoms with Crippen LogP contribution in [0.2, 0.25) is 0 Å². The zero-order valence-corrected chi connectivity index (χ0v) is 12.3. The SMILES string of the molecule is CCOC(=O)NCCNC(=O)C1CC(=O)N(C(C)C)C1. The van der Waals surface area contributed by atoms with Gasteiger partial charge in [0.2, 0.25) is 11.8 Å². The molecule has 114 valence electrons. The van der Waals surface area contributed by atoms with Gasteiger partial charge >= 0.3 is 6.09 Å². The third kappa shape index (κ3) is 4.71. The van der Waals surface area contributed by atoms with E-state index in [0.29, 0.717) is 26.2 Å². The minimum absolute atomic E-state index is 0.0183. The average Bonchev–Trinajstić information content (AvgIpc) is 2.77. The van der Waals surface area contributed by atoms with Gasteiger partial charge in [-0.3, -0.25) is 9.59 Å². The summed E-state index contributed by atoms with van der Waals surface area (Å²) < 4.78 is 4.69. The van der Waals surface area contributed by atoms with E-state index in [4.69, 9.17) is 0 Å². The highest BCUT2D eigenvalue weighted by molar-refractivity contribution is 5.89. The van der Waals surface area contributed by atoms with Gasteiger partial charge in [0, 0.05) is 32.1 Å². The van der Waals surface area contributed by atoms with Crippen LogP contribution in [0.5, 0.6) is 0 Å². The molecule has 1 heterocycles. The molecule has 1 rings (SSSR count). The Bertz CT molecular complexity index is 371. The third-order valence-electron chi connectivity index (χ3n) is 3.12. The Morgan fingerprint density at radius 2 is 2.00 bits per heavy atom. The predicted octanol–water partition coefficient (Wildman–Crippen LogP) is 0.106. The van der Waals surface area contributed by atoms with Gasteiger partial charge in [0.05, 0.1) is 12.5 Å². The summed E-state index contributed by atoms with van der Waals surface area (Å²) in [5.41, 5.74) is 0. The molecule has 0 aromatic rings. The fourth-order valence-electron chi connectivity index (χ4n) is 2.08. The van der Waals surface area contributed by atoms with E-state index >= 15 is 0 Å². The molecule has 7 heteroatoms. The van der Waals surface area contributed by atoms with Crippen LogP contribution in [0, 0.1) is 5.92 Å². The van der Waals surface area contributed by atoms with Crippen molar-refractivity contribution < 1.29 is 19.1 Å². The van der Waals surface area contributed by atoms with Gasteiger partial charge in [-0.15, -0.1) is 0 Å². The maximum atomic E-state index is 11.9. The Kier molecular flexibility index (Phi) is 6.27. The molecule has 1 fully saturated rings. The van der Waals surface area contributed by atoms with E-state index in [0.717, 1.165) is 0 Å². The number of likely N-dealkylation sites (tertiary alicyclic amines) is 1. The fraction of sp³-hybridized carbons (Fsp3) is 0.769. The quantitative estimate of drug-likeness (QED) is 0.678. The van der Waals surface area contributed by atoms with Crippen molar-refractivity contribution in [1.29, 1.82) is 0 Å². The Balaban J connectivity index is 2.24. The van der Waals surface area contributed by atoms with E-state index in [1.807, 2.05) is 13.8 Å². The van der Waals surface area contributed by atoms with Crippen LogP contribution in [0.3, 0.4) is 0 Å². The molecule has 0 aromatic carbocycles. The lowest BCUT2D eigenvalue weighted by molar-refractivity contribution is -0.129. The van der Waals surface area contributed by atoms with E-state index in [9.17, 15) is 14.4 Å². The molecule has 0 aliphatic carbocycles. The van der Waals surface area contributed by atoms with Gasteiger partial charge in [0.25, 0.3) is 0 Å². The lowest BCUT2D eigenvalue weighted by atomic mass is 10.1. The second kappa shape index (κ2) is 7.72. The van der Waals surface area contributed by atoms with Gasteiger partial charge in [-0.25, -0.2) is 4.79 Å². The minimum atomic E-state index is -0.497. The average molecular weight is 285 g/mol. The molecule has 1 saturated heterocycles. The number of nitrogens with one attached hydrogen (secondary N) is 2. The summed E-state index contributed by atoms with van der Waals surface area (Å²) in [6.45, 7) is 6.99. The van der Waals surface area contributed by atoms with Crippen molar-refractivity contribution in [3.05, 3.63) is 0 Å². The van der Waals surface area contributed by atoms with Crippen LogP contribution >= 0.6 is 0 Å². The van der Waals surface area contributed by atoms with Crippen molar-refractivity contribution in [3.8, 4) is 0 Å². The lowest BCUT2D eigenvalue weighted by Crippen LogP contribution is -2.39. The maximum Gasteiger partial charge on any atom is 0.407 e. The van der Waals surface area contributed by atoms with Gasteiger partial charge in [0.1, 0.15) is 0 Å². The highest BCUT2D eigenvalue weighted by Gasteiger charge is 2.35. The molecule has 0 radical (unpaired) electrons. The van der Waals surface area contributed by atoms with Crippen molar-refractivity contribution in [2.75, 3.05) is 26.2 Å². The van der Waals surface area contributed by atoms with Crippen LogP contribution in [-0.4, -0.2) is 55.1 Å². The maximum absolute atomic E-state index is 11.9. The largest absolute Gasteiger partial charge is 0.450 e. The van der Waals surface area contributed by atoms with Crippen LogP contribution in [0.15, 0.2) is 0 Å². The zero-order chi connectivity index (χ0) is 15.1. The van der Waals surface area contributed by atoms with Crippen LogP contribution in [-0.2, 0) is 14.3 Å². The van der Waals surface area contributed by atoms with Gasteiger partial charge in [-0.05, 0) is 20.8 Å². The molecular weight excluding hydrogens is 262 g/mol. The molecule has 20 heavy (non-hydrogen) atoms. The fourth-order valence-corrected chi connectivity index (χ4v) is 2.08. The lowest BCUT2D eigenvalue weighted by Gasteiger charge is -2.20. The number of amides is 3. The van der Waals surface area contributed by atoms with Gasteiger partial charge in [-0.2, -0.15) is 0 Å². The normalized spacial score (nSPS) is 18.3. The number of alkyl carbamates (subject to hydrolysis) is 1. The van der Waals surface area contributed by atoms with Gasteiger partial charge in [0.15, 0.2) is 0 Å². The molecule has 1 aliphatic heterocycles. The van der Waals surface area contributed by atoms with Crippen LogP contribution in [0.1, 0.15) is 27.2 Å².